The number of thioether (sulfide) groups is 1. The van der Waals surface area contributed by atoms with Crippen LogP contribution >= 0.6 is 11.8 Å². The van der Waals surface area contributed by atoms with E-state index < -0.39 is 0 Å². The number of nitrogens with two attached hydrogens (primary N) is 1. The minimum atomic E-state index is -0.234. The van der Waals surface area contributed by atoms with E-state index in [9.17, 15) is 4.39 Å². The third-order valence-electron chi connectivity index (χ3n) is 3.77. The van der Waals surface area contributed by atoms with Gasteiger partial charge in [-0.2, -0.15) is 0 Å². The third kappa shape index (κ3) is 3.27. The highest BCUT2D eigenvalue weighted by Crippen LogP contribution is 2.25. The maximum Gasteiger partial charge on any atom is 0.191 e. The Hall–Kier alpha value is -1.40. The average Bonchev–Trinajstić information content (AvgIpc) is 2.73. The van der Waals surface area contributed by atoms with Crippen LogP contribution in [-0.4, -0.2) is 14.8 Å². The second kappa shape index (κ2) is 6.58. The number of aryl methyl sites for hydroxylation is 1. The molecular weight excluding hydrogens is 287 g/mol. The van der Waals surface area contributed by atoms with E-state index in [2.05, 4.69) is 14.8 Å². The molecule has 0 spiro atoms. The van der Waals surface area contributed by atoms with Gasteiger partial charge in [0.2, 0.25) is 0 Å². The van der Waals surface area contributed by atoms with Crippen LogP contribution in [0.3, 0.4) is 0 Å². The molecule has 21 heavy (non-hydrogen) atoms. The summed E-state index contributed by atoms with van der Waals surface area (Å²) in [6, 6.07) is 5.13. The zero-order valence-electron chi connectivity index (χ0n) is 11.9. The molecule has 0 saturated carbocycles. The SMILES string of the molecule is NCc1cc(CSc2nnc3n2CCCCC3)ccc1F. The van der Waals surface area contributed by atoms with Gasteiger partial charge in [-0.05, 0) is 24.5 Å². The first-order chi connectivity index (χ1) is 10.3. The summed E-state index contributed by atoms with van der Waals surface area (Å²) in [4.78, 5) is 0. The monoisotopic (exact) mass is 306 g/mol. The van der Waals surface area contributed by atoms with E-state index in [1.54, 1.807) is 17.8 Å². The molecule has 0 amide bonds. The highest BCUT2D eigenvalue weighted by atomic mass is 32.2. The van der Waals surface area contributed by atoms with Gasteiger partial charge in [0.15, 0.2) is 5.16 Å². The molecule has 0 unspecified atom stereocenters. The molecule has 2 heterocycles. The van der Waals surface area contributed by atoms with Crippen molar-refractivity contribution in [2.45, 2.75) is 49.7 Å². The number of hydrogen-bond donors (Lipinski definition) is 1. The lowest BCUT2D eigenvalue weighted by Gasteiger charge is -2.07. The maximum absolute atomic E-state index is 13.4. The van der Waals surface area contributed by atoms with E-state index in [0.717, 1.165) is 35.3 Å². The van der Waals surface area contributed by atoms with Crippen LogP contribution in [0.15, 0.2) is 23.4 Å². The normalized spacial score (nSPS) is 14.8. The first-order valence-corrected chi connectivity index (χ1v) is 8.28. The van der Waals surface area contributed by atoms with Crippen LogP contribution in [0.5, 0.6) is 0 Å². The summed E-state index contributed by atoms with van der Waals surface area (Å²) in [7, 11) is 0. The van der Waals surface area contributed by atoms with Crippen molar-refractivity contribution >= 4 is 11.8 Å². The van der Waals surface area contributed by atoms with Gasteiger partial charge in [-0.15, -0.1) is 10.2 Å². The van der Waals surface area contributed by atoms with Crippen molar-refractivity contribution in [1.29, 1.82) is 0 Å². The van der Waals surface area contributed by atoms with Gasteiger partial charge >= 0.3 is 0 Å². The molecule has 0 aliphatic carbocycles. The van der Waals surface area contributed by atoms with Crippen molar-refractivity contribution in [3.05, 3.63) is 41.0 Å². The molecule has 0 saturated heterocycles. The molecule has 3 rings (SSSR count). The Morgan fingerprint density at radius 2 is 2.14 bits per heavy atom. The smallest absolute Gasteiger partial charge is 0.191 e. The first kappa shape index (κ1) is 14.5. The van der Waals surface area contributed by atoms with Crippen LogP contribution in [0.4, 0.5) is 4.39 Å². The molecule has 4 nitrogen and oxygen atoms in total. The summed E-state index contributed by atoms with van der Waals surface area (Å²) in [5, 5.41) is 9.54. The molecule has 1 aromatic heterocycles. The van der Waals surface area contributed by atoms with E-state index in [-0.39, 0.29) is 12.4 Å². The number of nitrogens with zero attached hydrogens (tertiary/aromatic N) is 3. The molecule has 112 valence electrons. The number of hydrogen-bond acceptors (Lipinski definition) is 4. The fraction of sp³-hybridized carbons (Fsp3) is 0.467. The van der Waals surface area contributed by atoms with Crippen LogP contribution in [0, 0.1) is 5.82 Å². The molecule has 6 heteroatoms. The Balaban J connectivity index is 1.72. The fourth-order valence-corrected chi connectivity index (χ4v) is 3.51. The summed E-state index contributed by atoms with van der Waals surface area (Å²) < 4.78 is 15.7. The van der Waals surface area contributed by atoms with E-state index in [1.807, 2.05) is 6.07 Å². The Bertz CT molecular complexity index is 626. The number of fused-ring (bicyclic) bond motifs is 1. The quantitative estimate of drug-likeness (QED) is 0.883. The Morgan fingerprint density at radius 1 is 1.24 bits per heavy atom. The average molecular weight is 306 g/mol. The van der Waals surface area contributed by atoms with Crippen molar-refractivity contribution in [2.24, 2.45) is 5.73 Å². The van der Waals surface area contributed by atoms with Crippen molar-refractivity contribution < 1.29 is 4.39 Å². The summed E-state index contributed by atoms with van der Waals surface area (Å²) >= 11 is 1.66. The zero-order chi connectivity index (χ0) is 14.7. The lowest BCUT2D eigenvalue weighted by atomic mass is 10.1. The first-order valence-electron chi connectivity index (χ1n) is 7.30. The zero-order valence-corrected chi connectivity index (χ0v) is 12.7. The topological polar surface area (TPSA) is 56.7 Å². The lowest BCUT2D eigenvalue weighted by Crippen LogP contribution is -2.03. The van der Waals surface area contributed by atoms with Crippen LogP contribution in [0.25, 0.3) is 0 Å². The maximum atomic E-state index is 13.4. The Morgan fingerprint density at radius 3 is 3.00 bits per heavy atom. The standard InChI is InChI=1S/C15H19FN4S/c16-13-6-5-11(8-12(13)9-17)10-21-15-19-18-14-4-2-1-3-7-20(14)15/h5-6,8H,1-4,7,9-10,17H2. The molecule has 2 N–H and O–H groups in total. The molecular formula is C15H19FN4S. The van der Waals surface area contributed by atoms with E-state index >= 15 is 0 Å². The molecule has 0 atom stereocenters. The third-order valence-corrected chi connectivity index (χ3v) is 4.81. The number of aromatic nitrogens is 3. The summed E-state index contributed by atoms with van der Waals surface area (Å²) in [5.74, 6) is 1.62. The van der Waals surface area contributed by atoms with Gasteiger partial charge in [0.05, 0.1) is 0 Å². The number of halogens is 1. The second-order valence-corrected chi connectivity index (χ2v) is 6.22. The number of benzene rings is 1. The molecule has 0 radical (unpaired) electrons. The minimum absolute atomic E-state index is 0.227. The van der Waals surface area contributed by atoms with E-state index in [4.69, 9.17) is 5.73 Å². The highest BCUT2D eigenvalue weighted by Gasteiger charge is 2.15. The van der Waals surface area contributed by atoms with Gasteiger partial charge in [0.25, 0.3) is 0 Å². The lowest BCUT2D eigenvalue weighted by molar-refractivity contribution is 0.591. The molecule has 0 bridgehead atoms. The van der Waals surface area contributed by atoms with Crippen molar-refractivity contribution in [1.82, 2.24) is 14.8 Å². The molecule has 1 aromatic carbocycles. The molecule has 0 fully saturated rings. The predicted molar refractivity (Wildman–Crippen MR) is 81.4 cm³/mol. The highest BCUT2D eigenvalue weighted by molar-refractivity contribution is 7.98. The number of rotatable bonds is 4. The van der Waals surface area contributed by atoms with Gasteiger partial charge in [0, 0.05) is 30.8 Å². The fourth-order valence-electron chi connectivity index (χ4n) is 2.59. The van der Waals surface area contributed by atoms with E-state index in [0.29, 0.717) is 5.56 Å². The van der Waals surface area contributed by atoms with Gasteiger partial charge < -0.3 is 10.3 Å². The van der Waals surface area contributed by atoms with Crippen molar-refractivity contribution in [3.8, 4) is 0 Å². The molecule has 1 aliphatic rings. The largest absolute Gasteiger partial charge is 0.326 e. The Labute approximate surface area is 127 Å². The van der Waals surface area contributed by atoms with Gasteiger partial charge in [0.1, 0.15) is 11.6 Å². The summed E-state index contributed by atoms with van der Waals surface area (Å²) in [6.07, 6.45) is 4.65. The Kier molecular flexibility index (Phi) is 4.55. The van der Waals surface area contributed by atoms with Crippen LogP contribution < -0.4 is 5.73 Å². The predicted octanol–water partition coefficient (Wildman–Crippen LogP) is 2.89. The van der Waals surface area contributed by atoms with Gasteiger partial charge in [-0.1, -0.05) is 30.3 Å². The van der Waals surface area contributed by atoms with Crippen LogP contribution in [0.1, 0.15) is 36.2 Å². The van der Waals surface area contributed by atoms with Crippen molar-refractivity contribution in [2.75, 3.05) is 0 Å². The van der Waals surface area contributed by atoms with Gasteiger partial charge in [-0.3, -0.25) is 0 Å². The molecule has 2 aromatic rings. The molecule has 1 aliphatic heterocycles. The van der Waals surface area contributed by atoms with Gasteiger partial charge in [-0.25, -0.2) is 4.39 Å². The second-order valence-electron chi connectivity index (χ2n) is 5.28. The van der Waals surface area contributed by atoms with Crippen molar-refractivity contribution in [3.63, 3.8) is 0 Å². The van der Waals surface area contributed by atoms with Crippen LogP contribution in [-0.2, 0) is 25.3 Å². The van der Waals surface area contributed by atoms with E-state index in [1.165, 1.54) is 25.3 Å². The van der Waals surface area contributed by atoms with Crippen LogP contribution in [0.2, 0.25) is 0 Å². The summed E-state index contributed by atoms with van der Waals surface area (Å²) in [6.45, 7) is 1.23. The minimum Gasteiger partial charge on any atom is -0.326 e. The summed E-state index contributed by atoms with van der Waals surface area (Å²) in [5.41, 5.74) is 7.17.